The quantitative estimate of drug-likeness (QED) is 0.0297. The molecule has 6 N–H and O–H groups in total. The van der Waals surface area contributed by atoms with Crippen LogP contribution in [0.25, 0.3) is 11.1 Å². The summed E-state index contributed by atoms with van der Waals surface area (Å²) < 4.78 is 25.4. The predicted octanol–water partition coefficient (Wildman–Crippen LogP) is 8.33. The van der Waals surface area contributed by atoms with Gasteiger partial charge in [-0.15, -0.1) is 0 Å². The molecule has 0 radical (unpaired) electrons. The van der Waals surface area contributed by atoms with Gasteiger partial charge in [0.2, 0.25) is 0 Å². The number of carboxylic acids is 2. The Morgan fingerprint density at radius 3 is 1.33 bits per heavy atom. The third-order valence-electron chi connectivity index (χ3n) is 12.1. The van der Waals surface area contributed by atoms with Crippen LogP contribution in [0.2, 0.25) is 10.0 Å². The Morgan fingerprint density at radius 1 is 0.583 bits per heavy atom. The van der Waals surface area contributed by atoms with Crippen LogP contribution in [0.15, 0.2) is 108 Å². The zero-order valence-corrected chi connectivity index (χ0v) is 42.3. The molecule has 16 nitrogen and oxygen atoms in total. The second-order valence-electron chi connectivity index (χ2n) is 17.4. The zero-order chi connectivity index (χ0) is 52.0. The SMILES string of the molecule is C/N=C/c1cncc(COc2cc(OCc3cccc(-c4cccc(COc5cc(OCc6cncc(/C=N/C)c6)c(CN[C@@](C)(CO)C(=O)O)cc5Cl)c4C)c3C)c(Cl)cc2CN[C@@](C)(CO)C(=O)O)c1. The fraction of sp³-hybridized carbons (Fsp3) is 0.296. The molecule has 378 valence electrons. The smallest absolute Gasteiger partial charge is 0.326 e. The van der Waals surface area contributed by atoms with Gasteiger partial charge in [-0.2, -0.15) is 0 Å². The van der Waals surface area contributed by atoms with Crippen molar-refractivity contribution in [2.75, 3.05) is 27.3 Å². The van der Waals surface area contributed by atoms with Crippen LogP contribution >= 0.6 is 23.2 Å². The van der Waals surface area contributed by atoms with Gasteiger partial charge in [-0.25, -0.2) is 0 Å². The third-order valence-corrected chi connectivity index (χ3v) is 12.7. The minimum absolute atomic E-state index is 0.0158. The number of aliphatic hydroxyl groups is 2. The van der Waals surface area contributed by atoms with Gasteiger partial charge in [0.15, 0.2) is 0 Å². The van der Waals surface area contributed by atoms with Crippen molar-refractivity contribution < 1.29 is 49.0 Å². The molecule has 6 aromatic rings. The third kappa shape index (κ3) is 13.7. The van der Waals surface area contributed by atoms with Crippen LogP contribution in [-0.2, 0) is 49.1 Å². The van der Waals surface area contributed by atoms with E-state index < -0.39 is 36.2 Å². The molecule has 0 bridgehead atoms. The number of hydrogen-bond donors (Lipinski definition) is 6. The molecule has 2 heterocycles. The highest BCUT2D eigenvalue weighted by Crippen LogP contribution is 2.38. The summed E-state index contributed by atoms with van der Waals surface area (Å²) in [7, 11) is 3.34. The number of aliphatic imine (C=N–C) groups is 2. The highest BCUT2D eigenvalue weighted by atomic mass is 35.5. The Balaban J connectivity index is 1.22. The molecule has 0 unspecified atom stereocenters. The summed E-state index contributed by atoms with van der Waals surface area (Å²) in [6, 6.07) is 22.4. The number of ether oxygens (including phenoxy) is 4. The average Bonchev–Trinajstić information content (AvgIpc) is 3.37. The van der Waals surface area contributed by atoms with Gasteiger partial charge in [-0.1, -0.05) is 59.6 Å². The Morgan fingerprint density at radius 2 is 0.972 bits per heavy atom. The summed E-state index contributed by atoms with van der Waals surface area (Å²) >= 11 is 13.7. The van der Waals surface area contributed by atoms with E-state index in [2.05, 4.69) is 30.6 Å². The maximum atomic E-state index is 12.0. The number of benzene rings is 4. The lowest BCUT2D eigenvalue weighted by Gasteiger charge is -2.25. The minimum atomic E-state index is -1.61. The minimum Gasteiger partial charge on any atom is -0.488 e. The lowest BCUT2D eigenvalue weighted by atomic mass is 9.92. The number of halogens is 2. The van der Waals surface area contributed by atoms with Crippen LogP contribution in [-0.4, -0.2) is 93.1 Å². The van der Waals surface area contributed by atoms with Crippen molar-refractivity contribution in [3.05, 3.63) is 163 Å². The Labute approximate surface area is 428 Å². The van der Waals surface area contributed by atoms with Gasteiger partial charge in [-0.05, 0) is 85.3 Å². The van der Waals surface area contributed by atoms with Crippen LogP contribution in [0, 0.1) is 13.8 Å². The van der Waals surface area contributed by atoms with E-state index in [9.17, 15) is 30.0 Å². The molecular formula is C54H58Cl2N6O10. The molecule has 72 heavy (non-hydrogen) atoms. The topological polar surface area (TPSA) is 227 Å². The maximum Gasteiger partial charge on any atom is 0.326 e. The van der Waals surface area contributed by atoms with E-state index in [-0.39, 0.29) is 49.6 Å². The Hall–Kier alpha value is -6.92. The molecule has 2 aromatic heterocycles. The normalized spacial score (nSPS) is 13.2. The maximum absolute atomic E-state index is 12.0. The molecule has 0 amide bonds. The molecule has 4 aromatic carbocycles. The standard InChI is InChI=1S/C54H58Cl2N6O10/c1-33-39(29-71-49-17-47(69-27-37-13-35(19-57-5)21-59-23-37)41(15-45(49)55)25-61-53(3,31-63)51(65)66)9-7-11-43(33)44-12-8-10-40(34(44)2)30-72-50-18-48(70-28-38-14-36(20-58-6)22-60-24-38)42(16-46(50)56)26-62-54(4,32-64)52(67)68/h7-24,61-64H,25-32H2,1-6H3,(H,65,66)(H,67,68)/b57-19+,58-20+/t53-,54-/m0/s1. The molecule has 0 aliphatic rings. The second-order valence-corrected chi connectivity index (χ2v) is 18.3. The van der Waals surface area contributed by atoms with E-state index in [4.69, 9.17) is 42.1 Å². The van der Waals surface area contributed by atoms with Crippen LogP contribution in [0.4, 0.5) is 0 Å². The summed E-state index contributed by atoms with van der Waals surface area (Å²) in [6.07, 6.45) is 10.1. The van der Waals surface area contributed by atoms with E-state index in [0.29, 0.717) is 34.1 Å². The number of aliphatic carboxylic acids is 2. The first-order valence-electron chi connectivity index (χ1n) is 22.8. The molecule has 0 saturated heterocycles. The van der Waals surface area contributed by atoms with Gasteiger partial charge in [0.05, 0.1) is 23.3 Å². The van der Waals surface area contributed by atoms with E-state index in [0.717, 1.165) is 55.6 Å². The van der Waals surface area contributed by atoms with Crippen molar-refractivity contribution >= 4 is 47.6 Å². The van der Waals surface area contributed by atoms with E-state index in [1.807, 2.05) is 62.4 Å². The zero-order valence-electron chi connectivity index (χ0n) is 40.8. The molecular weight excluding hydrogens is 964 g/mol. The van der Waals surface area contributed by atoms with Crippen molar-refractivity contribution in [2.24, 2.45) is 9.98 Å². The molecule has 0 aliphatic heterocycles. The van der Waals surface area contributed by atoms with Gasteiger partial charge in [0, 0.05) is 110 Å². The number of nitrogens with zero attached hydrogens (tertiary/aromatic N) is 4. The molecule has 0 aliphatic carbocycles. The van der Waals surface area contributed by atoms with Crippen molar-refractivity contribution in [3.63, 3.8) is 0 Å². The lowest BCUT2D eigenvalue weighted by molar-refractivity contribution is -0.146. The number of carbonyl (C=O) groups is 2. The average molecular weight is 1020 g/mol. The fourth-order valence-corrected chi connectivity index (χ4v) is 7.89. The van der Waals surface area contributed by atoms with Crippen molar-refractivity contribution in [1.29, 1.82) is 0 Å². The number of pyridine rings is 2. The molecule has 6 rings (SSSR count). The number of rotatable bonds is 25. The van der Waals surface area contributed by atoms with Crippen molar-refractivity contribution in [1.82, 2.24) is 20.6 Å². The van der Waals surface area contributed by atoms with Crippen molar-refractivity contribution in [2.45, 2.75) is 78.3 Å². The van der Waals surface area contributed by atoms with Gasteiger partial charge in [-0.3, -0.25) is 40.2 Å². The monoisotopic (exact) mass is 1020 g/mol. The number of aliphatic hydroxyl groups excluding tert-OH is 2. The second kappa shape index (κ2) is 25.0. The Bertz CT molecular complexity index is 2760. The summed E-state index contributed by atoms with van der Waals surface area (Å²) in [5, 5.41) is 45.7. The van der Waals surface area contributed by atoms with Crippen molar-refractivity contribution in [3.8, 4) is 34.1 Å². The summed E-state index contributed by atoms with van der Waals surface area (Å²) in [6.45, 7) is 6.14. The van der Waals surface area contributed by atoms with E-state index in [1.165, 1.54) is 13.8 Å². The first kappa shape index (κ1) is 54.4. The van der Waals surface area contributed by atoms with Crippen LogP contribution in [0.3, 0.4) is 0 Å². The van der Waals surface area contributed by atoms with Crippen LogP contribution < -0.4 is 29.6 Å². The highest BCUT2D eigenvalue weighted by molar-refractivity contribution is 6.32. The Kier molecular flexibility index (Phi) is 18.9. The van der Waals surface area contributed by atoms with Gasteiger partial charge in [0.25, 0.3) is 0 Å². The summed E-state index contributed by atoms with van der Waals surface area (Å²) in [5.74, 6) is -0.955. The van der Waals surface area contributed by atoms with E-state index in [1.54, 1.807) is 75.6 Å². The van der Waals surface area contributed by atoms with Crippen LogP contribution in [0.5, 0.6) is 23.0 Å². The number of aromatic nitrogens is 2. The molecule has 0 saturated carbocycles. The van der Waals surface area contributed by atoms with Crippen LogP contribution in [0.1, 0.15) is 69.5 Å². The summed E-state index contributed by atoms with van der Waals surface area (Å²) in [5.41, 5.74) is 6.73. The largest absolute Gasteiger partial charge is 0.488 e. The number of hydrogen-bond acceptors (Lipinski definition) is 14. The van der Waals surface area contributed by atoms with Gasteiger partial charge in [0.1, 0.15) is 60.5 Å². The van der Waals surface area contributed by atoms with Gasteiger partial charge >= 0.3 is 11.9 Å². The lowest BCUT2D eigenvalue weighted by Crippen LogP contribution is -2.52. The number of carboxylic acid groups (broad SMARTS) is 2. The highest BCUT2D eigenvalue weighted by Gasteiger charge is 2.33. The fourth-order valence-electron chi connectivity index (χ4n) is 7.41. The first-order valence-corrected chi connectivity index (χ1v) is 23.5. The molecule has 2 atom stereocenters. The molecule has 18 heteroatoms. The molecule has 0 spiro atoms. The molecule has 0 fully saturated rings. The summed E-state index contributed by atoms with van der Waals surface area (Å²) in [4.78, 5) is 40.6. The first-order chi connectivity index (χ1) is 34.5. The predicted molar refractivity (Wildman–Crippen MR) is 277 cm³/mol. The van der Waals surface area contributed by atoms with E-state index >= 15 is 0 Å². The number of nitrogens with one attached hydrogen (secondary N) is 2. The van der Waals surface area contributed by atoms with Gasteiger partial charge < -0.3 is 39.4 Å².